The highest BCUT2D eigenvalue weighted by Gasteiger charge is 2.32. The van der Waals surface area contributed by atoms with Gasteiger partial charge in [0.15, 0.2) is 17.3 Å². The van der Waals surface area contributed by atoms with Crippen LogP contribution in [0.1, 0.15) is 41.5 Å². The highest BCUT2D eigenvalue weighted by atomic mass is 32.2. The number of aromatic amines is 1. The molecule has 9 nitrogen and oxygen atoms in total. The number of rotatable bonds is 6. The molecule has 29 heavy (non-hydrogen) atoms. The summed E-state index contributed by atoms with van der Waals surface area (Å²) in [6, 6.07) is 5.33. The molecule has 0 spiro atoms. The van der Waals surface area contributed by atoms with E-state index in [9.17, 15) is 8.42 Å². The van der Waals surface area contributed by atoms with Crippen LogP contribution < -0.4 is 14.2 Å². The average molecular weight is 416 g/mol. The molecule has 2 aliphatic rings. The van der Waals surface area contributed by atoms with E-state index < -0.39 is 10.0 Å². The van der Waals surface area contributed by atoms with E-state index in [1.54, 1.807) is 32.0 Å². The van der Waals surface area contributed by atoms with Crippen molar-refractivity contribution in [3.63, 3.8) is 0 Å². The Morgan fingerprint density at radius 1 is 1.17 bits per heavy atom. The Balaban J connectivity index is 1.44. The quantitative estimate of drug-likeness (QED) is 0.634. The molecular weight excluding hydrogens is 396 g/mol. The number of nitrogens with zero attached hydrogens (tertiary/aromatic N) is 2. The van der Waals surface area contributed by atoms with E-state index in [1.807, 2.05) is 0 Å². The minimum absolute atomic E-state index is 0.110. The Morgan fingerprint density at radius 2 is 1.97 bits per heavy atom. The van der Waals surface area contributed by atoms with Crippen molar-refractivity contribution < 1.29 is 22.4 Å². The highest BCUT2D eigenvalue weighted by molar-refractivity contribution is 7.89. The first-order valence-electron chi connectivity index (χ1n) is 9.34. The van der Waals surface area contributed by atoms with Crippen LogP contribution in [0.15, 0.2) is 27.6 Å². The first-order valence-corrected chi connectivity index (χ1v) is 10.8. The van der Waals surface area contributed by atoms with Gasteiger partial charge in [0.25, 0.3) is 5.89 Å². The van der Waals surface area contributed by atoms with Crippen LogP contribution in [-0.4, -0.2) is 30.3 Å². The molecule has 3 heterocycles. The normalized spacial score (nSPS) is 15.8. The predicted molar refractivity (Wildman–Crippen MR) is 102 cm³/mol. The van der Waals surface area contributed by atoms with Crippen molar-refractivity contribution in [2.45, 2.75) is 44.0 Å². The SMILES string of the molecule is Cc1[nH]c(C)c(S(=O)(=O)NCc2ccc3c(c2)OCO3)c1-c1nc(C2CC2)no1. The molecule has 0 saturated heterocycles. The van der Waals surface area contributed by atoms with Crippen LogP contribution in [0, 0.1) is 13.8 Å². The van der Waals surface area contributed by atoms with Gasteiger partial charge in [0.05, 0.1) is 5.56 Å². The van der Waals surface area contributed by atoms with Crippen LogP contribution in [0.4, 0.5) is 0 Å². The first kappa shape index (κ1) is 18.2. The van der Waals surface area contributed by atoms with Gasteiger partial charge in [0.1, 0.15) is 4.90 Å². The van der Waals surface area contributed by atoms with Gasteiger partial charge >= 0.3 is 0 Å². The van der Waals surface area contributed by atoms with Crippen molar-refractivity contribution in [1.29, 1.82) is 0 Å². The van der Waals surface area contributed by atoms with Gasteiger partial charge in [0.2, 0.25) is 16.8 Å². The van der Waals surface area contributed by atoms with Crippen LogP contribution in [0.2, 0.25) is 0 Å². The predicted octanol–water partition coefficient (Wildman–Crippen LogP) is 2.77. The monoisotopic (exact) mass is 416 g/mol. The maximum atomic E-state index is 13.1. The lowest BCUT2D eigenvalue weighted by atomic mass is 10.2. The number of ether oxygens (including phenoxy) is 2. The summed E-state index contributed by atoms with van der Waals surface area (Å²) in [5, 5.41) is 4.01. The van der Waals surface area contributed by atoms with Gasteiger partial charge < -0.3 is 19.0 Å². The van der Waals surface area contributed by atoms with Gasteiger partial charge in [-0.15, -0.1) is 0 Å². The molecular formula is C19H20N4O5S. The second-order valence-electron chi connectivity index (χ2n) is 7.32. The topological polar surface area (TPSA) is 119 Å². The lowest BCUT2D eigenvalue weighted by molar-refractivity contribution is 0.174. The number of aryl methyl sites for hydroxylation is 2. The summed E-state index contributed by atoms with van der Waals surface area (Å²) in [6.45, 7) is 3.78. The zero-order valence-corrected chi connectivity index (χ0v) is 16.8. The number of H-pyrrole nitrogens is 1. The second-order valence-corrected chi connectivity index (χ2v) is 9.03. The summed E-state index contributed by atoms with van der Waals surface area (Å²) in [5.41, 5.74) is 2.36. The third-order valence-corrected chi connectivity index (χ3v) is 6.66. The van der Waals surface area contributed by atoms with E-state index in [1.165, 1.54) is 0 Å². The van der Waals surface area contributed by atoms with Crippen LogP contribution in [0.5, 0.6) is 11.5 Å². The molecule has 5 rings (SSSR count). The van der Waals surface area contributed by atoms with Gasteiger partial charge in [-0.25, -0.2) is 13.1 Å². The molecule has 0 unspecified atom stereocenters. The van der Waals surface area contributed by atoms with Crippen molar-refractivity contribution in [1.82, 2.24) is 19.8 Å². The largest absolute Gasteiger partial charge is 0.454 e. The van der Waals surface area contributed by atoms with E-state index in [-0.39, 0.29) is 24.1 Å². The molecule has 152 valence electrons. The summed E-state index contributed by atoms with van der Waals surface area (Å²) in [5.74, 6) is 2.43. The van der Waals surface area contributed by atoms with Crippen LogP contribution in [0.25, 0.3) is 11.5 Å². The van der Waals surface area contributed by atoms with Gasteiger partial charge in [-0.05, 0) is 44.4 Å². The van der Waals surface area contributed by atoms with Crippen molar-refractivity contribution in [3.8, 4) is 23.0 Å². The molecule has 1 fully saturated rings. The fourth-order valence-electron chi connectivity index (χ4n) is 3.50. The van der Waals surface area contributed by atoms with E-state index in [0.29, 0.717) is 40.2 Å². The Morgan fingerprint density at radius 3 is 2.76 bits per heavy atom. The van der Waals surface area contributed by atoms with Crippen LogP contribution in [-0.2, 0) is 16.6 Å². The van der Waals surface area contributed by atoms with Gasteiger partial charge in [-0.3, -0.25) is 0 Å². The summed E-state index contributed by atoms with van der Waals surface area (Å²) in [4.78, 5) is 7.64. The van der Waals surface area contributed by atoms with E-state index in [2.05, 4.69) is 19.8 Å². The summed E-state index contributed by atoms with van der Waals surface area (Å²) in [7, 11) is -3.84. The fraction of sp³-hybridized carbons (Fsp3) is 0.368. The van der Waals surface area contributed by atoms with Gasteiger partial charge in [-0.1, -0.05) is 11.2 Å². The summed E-state index contributed by atoms with van der Waals surface area (Å²) in [6.07, 6.45) is 2.07. The molecule has 0 amide bonds. The van der Waals surface area contributed by atoms with Gasteiger partial charge in [0, 0.05) is 23.9 Å². The highest BCUT2D eigenvalue weighted by Crippen LogP contribution is 2.40. The molecule has 3 aromatic rings. The maximum Gasteiger partial charge on any atom is 0.261 e. The third-order valence-electron chi connectivity index (χ3n) is 5.09. The molecule has 10 heteroatoms. The third kappa shape index (κ3) is 3.28. The molecule has 1 aliphatic heterocycles. The van der Waals surface area contributed by atoms with E-state index in [4.69, 9.17) is 14.0 Å². The molecule has 0 atom stereocenters. The zero-order chi connectivity index (χ0) is 20.2. The minimum Gasteiger partial charge on any atom is -0.454 e. The van der Waals surface area contributed by atoms with E-state index >= 15 is 0 Å². The molecule has 0 bridgehead atoms. The Bertz CT molecular complexity index is 1190. The number of hydrogen-bond acceptors (Lipinski definition) is 7. The van der Waals surface area contributed by atoms with Gasteiger partial charge in [-0.2, -0.15) is 4.98 Å². The van der Waals surface area contributed by atoms with Crippen molar-refractivity contribution in [2.75, 3.05) is 6.79 Å². The van der Waals surface area contributed by atoms with Crippen molar-refractivity contribution in [2.24, 2.45) is 0 Å². The number of fused-ring (bicyclic) bond motifs is 1. The Labute approximate surface area is 167 Å². The number of aromatic nitrogens is 3. The van der Waals surface area contributed by atoms with Crippen LogP contribution >= 0.6 is 0 Å². The van der Waals surface area contributed by atoms with Crippen molar-refractivity contribution >= 4 is 10.0 Å². The lowest BCUT2D eigenvalue weighted by Gasteiger charge is -2.09. The van der Waals surface area contributed by atoms with E-state index in [0.717, 1.165) is 18.4 Å². The molecule has 2 N–H and O–H groups in total. The maximum absolute atomic E-state index is 13.1. The number of sulfonamides is 1. The Hall–Kier alpha value is -2.85. The Kier molecular flexibility index (Phi) is 4.14. The lowest BCUT2D eigenvalue weighted by Crippen LogP contribution is -2.24. The number of nitrogens with one attached hydrogen (secondary N) is 2. The van der Waals surface area contributed by atoms with Crippen LogP contribution in [0.3, 0.4) is 0 Å². The zero-order valence-electron chi connectivity index (χ0n) is 16.0. The fourth-order valence-corrected chi connectivity index (χ4v) is 4.96. The molecule has 1 saturated carbocycles. The molecule has 1 aliphatic carbocycles. The van der Waals surface area contributed by atoms with Crippen molar-refractivity contribution in [3.05, 3.63) is 41.0 Å². The minimum atomic E-state index is -3.84. The average Bonchev–Trinajstić information content (AvgIpc) is 3.11. The summed E-state index contributed by atoms with van der Waals surface area (Å²) < 4.78 is 45.0. The number of benzene rings is 1. The summed E-state index contributed by atoms with van der Waals surface area (Å²) >= 11 is 0. The standard InChI is InChI=1S/C19H20N4O5S/c1-10-16(19-22-18(23-28-19)13-4-5-13)17(11(2)21-10)29(24,25)20-8-12-3-6-14-15(7-12)27-9-26-14/h3,6-7,13,20-21H,4-5,8-9H2,1-2H3. The second kappa shape index (κ2) is 6.60. The first-order chi connectivity index (χ1) is 13.9. The molecule has 1 aromatic carbocycles. The smallest absolute Gasteiger partial charge is 0.261 e. The molecule has 2 aromatic heterocycles. The molecule has 0 radical (unpaired) electrons. The number of hydrogen-bond donors (Lipinski definition) is 2.